The third-order valence-electron chi connectivity index (χ3n) is 3.96. The molecule has 1 aliphatic heterocycles. The Kier molecular flexibility index (Phi) is 6.00. The Labute approximate surface area is 142 Å². The number of rotatable bonds is 4. The predicted molar refractivity (Wildman–Crippen MR) is 80.0 cm³/mol. The number of nitrogens with zero attached hydrogens (tertiary/aromatic N) is 2. The molecule has 0 atom stereocenters. The van der Waals surface area contributed by atoms with Gasteiger partial charge in [0, 0.05) is 32.6 Å². The van der Waals surface area contributed by atoms with Crippen molar-refractivity contribution in [2.24, 2.45) is 0 Å². The number of amides is 2. The van der Waals surface area contributed by atoms with E-state index in [9.17, 15) is 27.6 Å². The average molecular weight is 358 g/mol. The number of benzene rings is 1. The molecular weight excluding hydrogens is 341 g/mol. The third-order valence-corrected chi connectivity index (χ3v) is 3.96. The number of carbonyl (C=O) groups is 3. The predicted octanol–water partition coefficient (Wildman–Crippen LogP) is 1.34. The highest BCUT2D eigenvalue weighted by Crippen LogP contribution is 2.18. The lowest BCUT2D eigenvalue weighted by Gasteiger charge is -2.34. The Balaban J connectivity index is 1.94. The normalized spacial score (nSPS) is 14.4. The third kappa shape index (κ3) is 4.28. The Morgan fingerprint density at radius 1 is 0.960 bits per heavy atom. The summed E-state index contributed by atoms with van der Waals surface area (Å²) in [5, 5.41) is 0. The minimum atomic E-state index is -1.69. The first-order chi connectivity index (χ1) is 11.8. The summed E-state index contributed by atoms with van der Waals surface area (Å²) < 4.78 is 44.4. The molecule has 1 saturated heterocycles. The van der Waals surface area contributed by atoms with E-state index in [0.717, 1.165) is 6.07 Å². The highest BCUT2D eigenvalue weighted by atomic mass is 19.2. The molecule has 9 heteroatoms. The number of methoxy groups -OCH3 is 1. The van der Waals surface area contributed by atoms with Crippen molar-refractivity contribution in [2.75, 3.05) is 33.3 Å². The number of ether oxygens (including phenoxy) is 1. The summed E-state index contributed by atoms with van der Waals surface area (Å²) in [4.78, 5) is 38.0. The maximum Gasteiger partial charge on any atom is 0.306 e. The molecule has 2 amide bonds. The van der Waals surface area contributed by atoms with E-state index in [0.29, 0.717) is 6.07 Å². The summed E-state index contributed by atoms with van der Waals surface area (Å²) in [7, 11) is 1.23. The summed E-state index contributed by atoms with van der Waals surface area (Å²) in [5.74, 6) is -6.09. The second-order valence-corrected chi connectivity index (χ2v) is 5.47. The molecule has 0 aliphatic carbocycles. The van der Waals surface area contributed by atoms with Crippen LogP contribution in [0.1, 0.15) is 23.2 Å². The maximum absolute atomic E-state index is 13.7. The molecule has 136 valence electrons. The molecule has 0 spiro atoms. The Bertz CT molecular complexity index is 688. The second-order valence-electron chi connectivity index (χ2n) is 5.47. The number of carbonyl (C=O) groups excluding carboxylic acids is 3. The second kappa shape index (κ2) is 8.00. The van der Waals surface area contributed by atoms with E-state index in [1.165, 1.54) is 16.9 Å². The number of hydrogen-bond donors (Lipinski definition) is 0. The van der Waals surface area contributed by atoms with Crippen LogP contribution in [-0.2, 0) is 14.3 Å². The van der Waals surface area contributed by atoms with Crippen LogP contribution < -0.4 is 0 Å². The van der Waals surface area contributed by atoms with Gasteiger partial charge in [0.15, 0.2) is 17.5 Å². The molecule has 0 aromatic heterocycles. The molecule has 1 heterocycles. The molecule has 0 bridgehead atoms. The summed E-state index contributed by atoms with van der Waals surface area (Å²) >= 11 is 0. The van der Waals surface area contributed by atoms with Crippen LogP contribution >= 0.6 is 0 Å². The van der Waals surface area contributed by atoms with E-state index in [1.807, 2.05) is 0 Å². The van der Waals surface area contributed by atoms with Gasteiger partial charge < -0.3 is 14.5 Å². The molecule has 25 heavy (non-hydrogen) atoms. The van der Waals surface area contributed by atoms with Crippen molar-refractivity contribution >= 4 is 17.8 Å². The van der Waals surface area contributed by atoms with Gasteiger partial charge in [-0.25, -0.2) is 13.2 Å². The van der Waals surface area contributed by atoms with Crippen molar-refractivity contribution in [3.05, 3.63) is 35.1 Å². The first-order valence-electron chi connectivity index (χ1n) is 7.62. The Morgan fingerprint density at radius 2 is 1.56 bits per heavy atom. The first kappa shape index (κ1) is 18.8. The van der Waals surface area contributed by atoms with Gasteiger partial charge in [-0.1, -0.05) is 0 Å². The lowest BCUT2D eigenvalue weighted by atomic mass is 10.1. The van der Waals surface area contributed by atoms with Crippen LogP contribution in [0.3, 0.4) is 0 Å². The van der Waals surface area contributed by atoms with Crippen LogP contribution in [0.2, 0.25) is 0 Å². The van der Waals surface area contributed by atoms with Crippen LogP contribution in [0, 0.1) is 17.5 Å². The van der Waals surface area contributed by atoms with Gasteiger partial charge in [0.2, 0.25) is 5.91 Å². The van der Waals surface area contributed by atoms with E-state index in [-0.39, 0.29) is 44.9 Å². The number of piperazine rings is 1. The van der Waals surface area contributed by atoms with Gasteiger partial charge in [-0.15, -0.1) is 0 Å². The van der Waals surface area contributed by atoms with Crippen molar-refractivity contribution in [1.82, 2.24) is 9.80 Å². The minimum absolute atomic E-state index is 0.00157. The van der Waals surface area contributed by atoms with Crippen molar-refractivity contribution < 1.29 is 32.3 Å². The lowest BCUT2D eigenvalue weighted by molar-refractivity contribution is -0.143. The quantitative estimate of drug-likeness (QED) is 0.602. The van der Waals surface area contributed by atoms with Gasteiger partial charge in [-0.05, 0) is 12.1 Å². The molecule has 1 fully saturated rings. The van der Waals surface area contributed by atoms with Gasteiger partial charge in [0.1, 0.15) is 0 Å². The van der Waals surface area contributed by atoms with Gasteiger partial charge in [0.05, 0.1) is 19.1 Å². The van der Waals surface area contributed by atoms with Crippen LogP contribution in [0.25, 0.3) is 0 Å². The molecule has 0 radical (unpaired) electrons. The minimum Gasteiger partial charge on any atom is -0.469 e. The van der Waals surface area contributed by atoms with Crippen molar-refractivity contribution in [3.8, 4) is 0 Å². The van der Waals surface area contributed by atoms with Crippen molar-refractivity contribution in [2.45, 2.75) is 12.8 Å². The molecule has 1 aliphatic rings. The van der Waals surface area contributed by atoms with Gasteiger partial charge >= 0.3 is 5.97 Å². The molecule has 1 aromatic carbocycles. The van der Waals surface area contributed by atoms with Crippen LogP contribution in [-0.4, -0.2) is 60.9 Å². The van der Waals surface area contributed by atoms with E-state index in [2.05, 4.69) is 4.74 Å². The summed E-state index contributed by atoms with van der Waals surface area (Å²) in [5.41, 5.74) is -0.552. The average Bonchev–Trinajstić information content (AvgIpc) is 2.63. The molecule has 0 N–H and O–H groups in total. The maximum atomic E-state index is 13.7. The molecule has 0 unspecified atom stereocenters. The highest BCUT2D eigenvalue weighted by molar-refractivity contribution is 5.94. The number of hydrogen-bond acceptors (Lipinski definition) is 4. The summed E-state index contributed by atoms with van der Waals surface area (Å²) in [6.45, 7) is 0.663. The molecule has 0 saturated carbocycles. The highest BCUT2D eigenvalue weighted by Gasteiger charge is 2.28. The number of esters is 1. The van der Waals surface area contributed by atoms with E-state index in [4.69, 9.17) is 0 Å². The Hall–Kier alpha value is -2.58. The van der Waals surface area contributed by atoms with E-state index < -0.39 is 34.9 Å². The zero-order chi connectivity index (χ0) is 18.6. The Morgan fingerprint density at radius 3 is 2.16 bits per heavy atom. The largest absolute Gasteiger partial charge is 0.469 e. The lowest BCUT2D eigenvalue weighted by Crippen LogP contribution is -2.50. The first-order valence-corrected chi connectivity index (χ1v) is 7.62. The summed E-state index contributed by atoms with van der Waals surface area (Å²) in [6.07, 6.45) is -0.0348. The fourth-order valence-corrected chi connectivity index (χ4v) is 2.49. The SMILES string of the molecule is COC(=O)CCC(=O)N1CCN(C(=O)c2ccc(F)c(F)c2F)CC1. The fourth-order valence-electron chi connectivity index (χ4n) is 2.49. The topological polar surface area (TPSA) is 66.9 Å². The summed E-state index contributed by atoms with van der Waals surface area (Å²) in [6, 6.07) is 1.59. The van der Waals surface area contributed by atoms with Crippen molar-refractivity contribution in [3.63, 3.8) is 0 Å². The van der Waals surface area contributed by atoms with E-state index in [1.54, 1.807) is 0 Å². The van der Waals surface area contributed by atoms with Crippen LogP contribution in [0.4, 0.5) is 13.2 Å². The fraction of sp³-hybridized carbons (Fsp3) is 0.438. The zero-order valence-electron chi connectivity index (χ0n) is 13.6. The van der Waals surface area contributed by atoms with E-state index >= 15 is 0 Å². The van der Waals surface area contributed by atoms with Gasteiger partial charge in [0.25, 0.3) is 5.91 Å². The smallest absolute Gasteiger partial charge is 0.306 e. The van der Waals surface area contributed by atoms with Crippen LogP contribution in [0.15, 0.2) is 12.1 Å². The van der Waals surface area contributed by atoms with Crippen LogP contribution in [0.5, 0.6) is 0 Å². The molecular formula is C16H17F3N2O4. The zero-order valence-corrected chi connectivity index (χ0v) is 13.6. The van der Waals surface area contributed by atoms with Gasteiger partial charge in [-0.3, -0.25) is 14.4 Å². The van der Waals surface area contributed by atoms with Gasteiger partial charge in [-0.2, -0.15) is 0 Å². The molecule has 1 aromatic rings. The molecule has 2 rings (SSSR count). The molecule has 6 nitrogen and oxygen atoms in total. The van der Waals surface area contributed by atoms with Crippen molar-refractivity contribution in [1.29, 1.82) is 0 Å². The number of halogens is 3. The monoisotopic (exact) mass is 358 g/mol. The standard InChI is InChI=1S/C16H17F3N2O4/c1-25-13(23)5-4-12(22)20-6-8-21(9-7-20)16(24)10-2-3-11(17)15(19)14(10)18/h2-3H,4-9H2,1H3.